The molecule has 1 saturated heterocycles. The van der Waals surface area contributed by atoms with Crippen LogP contribution < -0.4 is 4.90 Å². The van der Waals surface area contributed by atoms with Crippen LogP contribution in [0.4, 0.5) is 5.82 Å². The van der Waals surface area contributed by atoms with Crippen molar-refractivity contribution < 1.29 is 9.59 Å². The summed E-state index contributed by atoms with van der Waals surface area (Å²) in [5.41, 5.74) is 1.48. The van der Waals surface area contributed by atoms with Gasteiger partial charge in [-0.2, -0.15) is 0 Å². The van der Waals surface area contributed by atoms with Crippen molar-refractivity contribution in [1.82, 2.24) is 14.9 Å². The molecule has 2 aromatic rings. The number of rotatable bonds is 2. The van der Waals surface area contributed by atoms with Gasteiger partial charge in [-0.25, -0.2) is 9.97 Å². The highest BCUT2D eigenvalue weighted by Gasteiger charge is 2.39. The van der Waals surface area contributed by atoms with E-state index in [9.17, 15) is 9.59 Å². The van der Waals surface area contributed by atoms with Crippen LogP contribution in [0.2, 0.25) is 0 Å². The number of aryl methyl sites for hydroxylation is 1. The summed E-state index contributed by atoms with van der Waals surface area (Å²) < 4.78 is 0. The predicted molar refractivity (Wildman–Crippen MR) is 101 cm³/mol. The van der Waals surface area contributed by atoms with Gasteiger partial charge in [-0.3, -0.25) is 14.5 Å². The summed E-state index contributed by atoms with van der Waals surface area (Å²) in [5, 5.41) is 1.93. The number of anilines is 1. The molecular weight excluding hydrogens is 348 g/mol. The number of amides is 2. The molecule has 0 radical (unpaired) electrons. The largest absolute Gasteiger partial charge is 0.337 e. The molecule has 1 fully saturated rings. The Balaban J connectivity index is 1.66. The lowest BCUT2D eigenvalue weighted by Crippen LogP contribution is -2.47. The minimum Gasteiger partial charge on any atom is -0.337 e. The fraction of sp³-hybridized carbons (Fsp3) is 0.474. The first-order valence-corrected chi connectivity index (χ1v) is 9.74. The average molecular weight is 370 g/mol. The zero-order valence-corrected chi connectivity index (χ0v) is 16.1. The second-order valence-electron chi connectivity index (χ2n) is 7.43. The standard InChI is InChI=1S/C19H22N4O2S/c1-12-13-10-15(24)22(3)16(13)21-18(20-12)19(2)7-5-8-23(11-19)17(25)14-6-4-9-26-14/h4,6,9H,5,7-8,10-11H2,1-3H3/t19-/m0/s1. The van der Waals surface area contributed by atoms with E-state index in [2.05, 4.69) is 6.92 Å². The predicted octanol–water partition coefficient (Wildman–Crippen LogP) is 2.56. The fourth-order valence-electron chi connectivity index (χ4n) is 3.87. The second kappa shape index (κ2) is 6.16. The van der Waals surface area contributed by atoms with Gasteiger partial charge in [0.2, 0.25) is 5.91 Å². The van der Waals surface area contributed by atoms with Gasteiger partial charge in [-0.15, -0.1) is 11.3 Å². The average Bonchev–Trinajstić information content (AvgIpc) is 3.25. The van der Waals surface area contributed by atoms with Crippen molar-refractivity contribution in [2.75, 3.05) is 25.0 Å². The molecule has 2 amide bonds. The topological polar surface area (TPSA) is 66.4 Å². The summed E-state index contributed by atoms with van der Waals surface area (Å²) in [5.74, 6) is 1.59. The van der Waals surface area contributed by atoms with E-state index < -0.39 is 0 Å². The number of hydrogen-bond donors (Lipinski definition) is 0. The Bertz CT molecular complexity index is 880. The molecule has 2 aliphatic heterocycles. The van der Waals surface area contributed by atoms with E-state index in [-0.39, 0.29) is 17.2 Å². The summed E-state index contributed by atoms with van der Waals surface area (Å²) in [7, 11) is 1.76. The van der Waals surface area contributed by atoms with Gasteiger partial charge in [-0.05, 0) is 31.2 Å². The third-order valence-electron chi connectivity index (χ3n) is 5.47. The Hall–Kier alpha value is -2.28. The fourth-order valence-corrected chi connectivity index (χ4v) is 4.57. The van der Waals surface area contributed by atoms with Crippen molar-refractivity contribution in [3.8, 4) is 0 Å². The molecule has 0 spiro atoms. The van der Waals surface area contributed by atoms with Crippen molar-refractivity contribution in [1.29, 1.82) is 0 Å². The van der Waals surface area contributed by atoms with Crippen molar-refractivity contribution >= 4 is 29.0 Å². The van der Waals surface area contributed by atoms with E-state index in [0.29, 0.717) is 13.0 Å². The lowest BCUT2D eigenvalue weighted by molar-refractivity contribution is -0.117. The maximum absolute atomic E-state index is 12.8. The van der Waals surface area contributed by atoms with E-state index in [1.807, 2.05) is 29.3 Å². The Kier molecular flexibility index (Phi) is 4.06. The molecule has 0 aliphatic carbocycles. The maximum atomic E-state index is 12.8. The van der Waals surface area contributed by atoms with Gasteiger partial charge in [0.05, 0.1) is 11.3 Å². The molecule has 0 bridgehead atoms. The first kappa shape index (κ1) is 17.1. The summed E-state index contributed by atoms with van der Waals surface area (Å²) in [6.07, 6.45) is 2.22. The van der Waals surface area contributed by atoms with Gasteiger partial charge in [0, 0.05) is 36.8 Å². The quantitative estimate of drug-likeness (QED) is 0.815. The van der Waals surface area contributed by atoms with Gasteiger partial charge >= 0.3 is 0 Å². The number of aromatic nitrogens is 2. The molecule has 2 aromatic heterocycles. The molecule has 4 heterocycles. The van der Waals surface area contributed by atoms with E-state index in [1.165, 1.54) is 11.3 Å². The van der Waals surface area contributed by atoms with Crippen LogP contribution in [-0.4, -0.2) is 46.8 Å². The van der Waals surface area contributed by atoms with Gasteiger partial charge in [0.25, 0.3) is 5.91 Å². The van der Waals surface area contributed by atoms with E-state index in [4.69, 9.17) is 9.97 Å². The zero-order valence-electron chi connectivity index (χ0n) is 15.3. The monoisotopic (exact) mass is 370 g/mol. The van der Waals surface area contributed by atoms with Crippen molar-refractivity contribution in [3.05, 3.63) is 39.5 Å². The van der Waals surface area contributed by atoms with Crippen LogP contribution in [0, 0.1) is 6.92 Å². The Morgan fingerprint density at radius 3 is 2.88 bits per heavy atom. The van der Waals surface area contributed by atoms with Gasteiger partial charge in [0.15, 0.2) is 0 Å². The van der Waals surface area contributed by atoms with Crippen LogP contribution in [-0.2, 0) is 16.6 Å². The smallest absolute Gasteiger partial charge is 0.263 e. The third-order valence-corrected chi connectivity index (χ3v) is 6.33. The number of piperidine rings is 1. The van der Waals surface area contributed by atoms with Crippen LogP contribution in [0.1, 0.15) is 46.5 Å². The molecule has 0 unspecified atom stereocenters. The highest BCUT2D eigenvalue weighted by atomic mass is 32.1. The number of likely N-dealkylation sites (tertiary alicyclic amines) is 1. The number of nitrogens with zero attached hydrogens (tertiary/aromatic N) is 4. The molecule has 0 saturated carbocycles. The molecule has 0 aromatic carbocycles. The number of carbonyl (C=O) groups is 2. The maximum Gasteiger partial charge on any atom is 0.263 e. The summed E-state index contributed by atoms with van der Waals surface area (Å²) in [6.45, 7) is 5.42. The summed E-state index contributed by atoms with van der Waals surface area (Å²) >= 11 is 1.47. The SMILES string of the molecule is Cc1nc([C@@]2(C)CCCN(C(=O)c3cccs3)C2)nc2c1CC(=O)N2C. The lowest BCUT2D eigenvalue weighted by atomic mass is 9.80. The van der Waals surface area contributed by atoms with E-state index in [0.717, 1.165) is 47.2 Å². The molecular formula is C19H22N4O2S. The molecule has 7 heteroatoms. The van der Waals surface area contributed by atoms with Crippen LogP contribution >= 0.6 is 11.3 Å². The van der Waals surface area contributed by atoms with Crippen LogP contribution in [0.5, 0.6) is 0 Å². The minimum atomic E-state index is -0.308. The van der Waals surface area contributed by atoms with Crippen molar-refractivity contribution in [2.45, 2.75) is 38.5 Å². The van der Waals surface area contributed by atoms with Crippen LogP contribution in [0.15, 0.2) is 17.5 Å². The second-order valence-corrected chi connectivity index (χ2v) is 8.38. The molecule has 26 heavy (non-hydrogen) atoms. The highest BCUT2D eigenvalue weighted by molar-refractivity contribution is 7.12. The first-order valence-electron chi connectivity index (χ1n) is 8.86. The Morgan fingerprint density at radius 2 is 2.15 bits per heavy atom. The first-order chi connectivity index (χ1) is 12.4. The highest BCUT2D eigenvalue weighted by Crippen LogP contribution is 2.36. The Morgan fingerprint density at radius 1 is 1.35 bits per heavy atom. The molecule has 1 atom stereocenters. The van der Waals surface area contributed by atoms with Gasteiger partial charge < -0.3 is 4.90 Å². The van der Waals surface area contributed by atoms with Crippen LogP contribution in [0.25, 0.3) is 0 Å². The number of hydrogen-bond acceptors (Lipinski definition) is 5. The minimum absolute atomic E-state index is 0.0536. The van der Waals surface area contributed by atoms with Crippen molar-refractivity contribution in [3.63, 3.8) is 0 Å². The van der Waals surface area contributed by atoms with Gasteiger partial charge in [0.1, 0.15) is 11.6 Å². The molecule has 0 N–H and O–H groups in total. The van der Waals surface area contributed by atoms with Crippen LogP contribution in [0.3, 0.4) is 0 Å². The number of fused-ring (bicyclic) bond motifs is 1. The molecule has 136 valence electrons. The number of thiophene rings is 1. The number of likely N-dealkylation sites (N-methyl/N-ethyl adjacent to an activating group) is 1. The van der Waals surface area contributed by atoms with Crippen molar-refractivity contribution in [2.24, 2.45) is 0 Å². The summed E-state index contributed by atoms with van der Waals surface area (Å²) in [4.78, 5) is 38.6. The van der Waals surface area contributed by atoms with E-state index >= 15 is 0 Å². The number of carbonyl (C=O) groups excluding carboxylic acids is 2. The van der Waals surface area contributed by atoms with E-state index in [1.54, 1.807) is 11.9 Å². The Labute approximate surface area is 156 Å². The zero-order chi connectivity index (χ0) is 18.5. The molecule has 6 nitrogen and oxygen atoms in total. The normalized spacial score (nSPS) is 22.7. The summed E-state index contributed by atoms with van der Waals surface area (Å²) in [6, 6.07) is 3.77. The molecule has 2 aliphatic rings. The third kappa shape index (κ3) is 2.70. The molecule has 4 rings (SSSR count). The van der Waals surface area contributed by atoms with Gasteiger partial charge in [-0.1, -0.05) is 13.0 Å². The lowest BCUT2D eigenvalue weighted by Gasteiger charge is -2.39.